The van der Waals surface area contributed by atoms with E-state index in [1.54, 1.807) is 16.2 Å². The summed E-state index contributed by atoms with van der Waals surface area (Å²) in [4.78, 5) is 34.6. The lowest BCUT2D eigenvalue weighted by Crippen LogP contribution is -2.58. The normalized spacial score (nSPS) is 19.6. The zero-order chi connectivity index (χ0) is 29.8. The largest absolute Gasteiger partial charge is 0.391 e. The molecule has 40 heavy (non-hydrogen) atoms. The summed E-state index contributed by atoms with van der Waals surface area (Å²) in [6.45, 7) is 19.9. The Bertz CT molecular complexity index is 1130. The molecule has 1 aliphatic rings. The number of hydrogen-bond acceptors (Lipinski definition) is 6. The van der Waals surface area contributed by atoms with Gasteiger partial charge < -0.3 is 20.6 Å². The number of amides is 2. The van der Waals surface area contributed by atoms with Gasteiger partial charge in [-0.05, 0) is 54.6 Å². The Hall–Kier alpha value is -2.29. The molecular formula is C32H50N4O3S. The summed E-state index contributed by atoms with van der Waals surface area (Å²) in [5, 5.41) is 17.3. The lowest BCUT2D eigenvalue weighted by atomic mass is 9.72. The fraction of sp³-hybridized carbons (Fsp3) is 0.656. The molecule has 1 aliphatic heterocycles. The number of β-amino-alcohol motifs (C(OH)–C–C–N with tert-alkyl or cyclic N) is 1. The van der Waals surface area contributed by atoms with Crippen molar-refractivity contribution >= 4 is 23.2 Å². The Labute approximate surface area is 245 Å². The van der Waals surface area contributed by atoms with E-state index in [2.05, 4.69) is 76.2 Å². The Balaban J connectivity index is 1.74. The number of likely N-dealkylation sites (tertiary alicyclic amines) is 1. The number of benzene rings is 1. The number of aryl methyl sites for hydroxylation is 1. The molecular weight excluding hydrogens is 520 g/mol. The topological polar surface area (TPSA) is 94.6 Å². The molecule has 0 radical (unpaired) electrons. The van der Waals surface area contributed by atoms with Crippen LogP contribution in [0.3, 0.4) is 0 Å². The minimum atomic E-state index is -0.724. The number of rotatable bonds is 11. The molecule has 7 nitrogen and oxygen atoms in total. The van der Waals surface area contributed by atoms with Crippen molar-refractivity contribution in [3.05, 3.63) is 41.0 Å². The Morgan fingerprint density at radius 3 is 2.25 bits per heavy atom. The van der Waals surface area contributed by atoms with Gasteiger partial charge in [-0.2, -0.15) is 0 Å². The van der Waals surface area contributed by atoms with Crippen LogP contribution in [-0.4, -0.2) is 58.1 Å². The summed E-state index contributed by atoms with van der Waals surface area (Å²) in [5.74, 6) is 0.122. The van der Waals surface area contributed by atoms with Gasteiger partial charge in [0.1, 0.15) is 6.04 Å². The van der Waals surface area contributed by atoms with Gasteiger partial charge >= 0.3 is 0 Å². The third-order valence-corrected chi connectivity index (χ3v) is 10.0. The number of thiazole rings is 1. The highest BCUT2D eigenvalue weighted by Gasteiger charge is 2.45. The highest BCUT2D eigenvalue weighted by atomic mass is 32.1. The lowest BCUT2D eigenvalue weighted by molar-refractivity contribution is -0.142. The zero-order valence-electron chi connectivity index (χ0n) is 25.9. The average Bonchev–Trinajstić information content (AvgIpc) is 3.51. The van der Waals surface area contributed by atoms with Crippen molar-refractivity contribution in [3.63, 3.8) is 0 Å². The van der Waals surface area contributed by atoms with Gasteiger partial charge in [-0.25, -0.2) is 4.98 Å². The number of aromatic nitrogens is 1. The molecule has 1 aromatic heterocycles. The van der Waals surface area contributed by atoms with Crippen molar-refractivity contribution in [1.29, 1.82) is 0 Å². The van der Waals surface area contributed by atoms with E-state index in [0.717, 1.165) is 41.1 Å². The second kappa shape index (κ2) is 13.1. The zero-order valence-corrected chi connectivity index (χ0v) is 26.7. The van der Waals surface area contributed by atoms with Gasteiger partial charge in [0.15, 0.2) is 0 Å². The second-order valence-electron chi connectivity index (χ2n) is 12.9. The van der Waals surface area contributed by atoms with Crippen LogP contribution in [-0.2, 0) is 9.59 Å². The summed E-state index contributed by atoms with van der Waals surface area (Å²) >= 11 is 1.61. The molecule has 2 heterocycles. The molecule has 2 aromatic rings. The lowest BCUT2D eigenvalue weighted by Gasteiger charge is -2.41. The monoisotopic (exact) mass is 570 g/mol. The number of nitrogens with one attached hydrogen (secondary N) is 2. The number of aliphatic hydroxyl groups is 1. The fourth-order valence-corrected chi connectivity index (χ4v) is 6.77. The first-order valence-electron chi connectivity index (χ1n) is 14.8. The minimum Gasteiger partial charge on any atom is -0.391 e. The maximum atomic E-state index is 14.0. The van der Waals surface area contributed by atoms with E-state index < -0.39 is 18.2 Å². The van der Waals surface area contributed by atoms with Crippen LogP contribution in [0, 0.1) is 23.7 Å². The maximum Gasteiger partial charge on any atom is 0.243 e. The molecule has 1 saturated heterocycles. The molecule has 4 atom stereocenters. The van der Waals surface area contributed by atoms with Crippen molar-refractivity contribution in [3.8, 4) is 10.4 Å². The predicted octanol–water partition coefficient (Wildman–Crippen LogP) is 5.72. The van der Waals surface area contributed by atoms with Gasteiger partial charge in [-0.15, -0.1) is 11.3 Å². The minimum absolute atomic E-state index is 0.0920. The number of carbonyl (C=O) groups excluding carboxylic acids is 2. The molecule has 4 unspecified atom stereocenters. The van der Waals surface area contributed by atoms with Crippen molar-refractivity contribution in [2.75, 3.05) is 13.1 Å². The van der Waals surface area contributed by atoms with Gasteiger partial charge in [0, 0.05) is 19.5 Å². The SMILES string of the molecule is CCC(CC)(CNC(C(=O)N1CC(O)CC1C(=O)NC(C)c1ccc(-c2scnc2C)cc1)C(C)(C)C)C(C)C. The molecule has 1 aromatic carbocycles. The summed E-state index contributed by atoms with van der Waals surface area (Å²) < 4.78 is 0. The Morgan fingerprint density at radius 2 is 1.75 bits per heavy atom. The molecule has 222 valence electrons. The Kier molecular flexibility index (Phi) is 10.6. The first-order valence-corrected chi connectivity index (χ1v) is 15.6. The van der Waals surface area contributed by atoms with Crippen LogP contribution in [0.25, 0.3) is 10.4 Å². The van der Waals surface area contributed by atoms with Gasteiger partial charge in [0.05, 0.1) is 34.3 Å². The van der Waals surface area contributed by atoms with Gasteiger partial charge in [-0.1, -0.05) is 72.7 Å². The second-order valence-corrected chi connectivity index (χ2v) is 13.8. The molecule has 3 rings (SSSR count). The van der Waals surface area contributed by atoms with Crippen LogP contribution in [0.5, 0.6) is 0 Å². The van der Waals surface area contributed by atoms with Crippen molar-refractivity contribution in [1.82, 2.24) is 20.5 Å². The number of aliphatic hydroxyl groups excluding tert-OH is 1. The van der Waals surface area contributed by atoms with E-state index in [1.165, 1.54) is 0 Å². The number of hydrogen-bond donors (Lipinski definition) is 3. The first kappa shape index (κ1) is 32.2. The van der Waals surface area contributed by atoms with Crippen LogP contribution < -0.4 is 10.6 Å². The Morgan fingerprint density at radius 1 is 1.12 bits per heavy atom. The van der Waals surface area contributed by atoms with Gasteiger partial charge in [0.2, 0.25) is 11.8 Å². The van der Waals surface area contributed by atoms with Gasteiger partial charge in [-0.3, -0.25) is 9.59 Å². The first-order chi connectivity index (χ1) is 18.7. The van der Waals surface area contributed by atoms with Crippen LogP contribution in [0.15, 0.2) is 29.8 Å². The van der Waals surface area contributed by atoms with E-state index in [9.17, 15) is 14.7 Å². The van der Waals surface area contributed by atoms with E-state index in [-0.39, 0.29) is 41.7 Å². The van der Waals surface area contributed by atoms with Crippen molar-refractivity contribution in [2.45, 2.75) is 106 Å². The van der Waals surface area contributed by atoms with Crippen LogP contribution in [0.1, 0.15) is 92.0 Å². The van der Waals surface area contributed by atoms with Gasteiger partial charge in [0.25, 0.3) is 0 Å². The molecule has 2 amide bonds. The van der Waals surface area contributed by atoms with Crippen LogP contribution in [0.2, 0.25) is 0 Å². The van der Waals surface area contributed by atoms with Crippen molar-refractivity contribution < 1.29 is 14.7 Å². The third kappa shape index (κ3) is 7.12. The van der Waals surface area contributed by atoms with E-state index >= 15 is 0 Å². The van der Waals surface area contributed by atoms with Crippen LogP contribution in [0.4, 0.5) is 0 Å². The third-order valence-electron chi connectivity index (χ3n) is 9.05. The number of carbonyl (C=O) groups is 2. The molecule has 0 saturated carbocycles. The smallest absolute Gasteiger partial charge is 0.243 e. The van der Waals surface area contributed by atoms with E-state index in [4.69, 9.17) is 0 Å². The summed E-state index contributed by atoms with van der Waals surface area (Å²) in [7, 11) is 0. The van der Waals surface area contributed by atoms with Crippen LogP contribution >= 0.6 is 11.3 Å². The fourth-order valence-electron chi connectivity index (χ4n) is 5.96. The molecule has 1 fully saturated rings. The molecule has 0 spiro atoms. The molecule has 3 N–H and O–H groups in total. The molecule has 0 bridgehead atoms. The number of nitrogens with zero attached hydrogens (tertiary/aromatic N) is 2. The van der Waals surface area contributed by atoms with E-state index in [1.807, 2.05) is 31.5 Å². The highest BCUT2D eigenvalue weighted by molar-refractivity contribution is 7.13. The summed E-state index contributed by atoms with van der Waals surface area (Å²) in [6.07, 6.45) is 1.56. The molecule has 8 heteroatoms. The average molecular weight is 571 g/mol. The highest BCUT2D eigenvalue weighted by Crippen LogP contribution is 2.36. The van der Waals surface area contributed by atoms with E-state index in [0.29, 0.717) is 5.92 Å². The predicted molar refractivity (Wildman–Crippen MR) is 164 cm³/mol. The maximum absolute atomic E-state index is 14.0. The molecule has 0 aliphatic carbocycles. The van der Waals surface area contributed by atoms with Crippen molar-refractivity contribution in [2.24, 2.45) is 16.7 Å². The summed E-state index contributed by atoms with van der Waals surface area (Å²) in [5.41, 5.74) is 4.67. The standard InChI is InChI=1S/C32H50N4O3S/c1-10-32(11-2,20(3)4)18-33-28(31(7,8)9)30(39)36-17-25(37)16-26(36)29(38)35-21(5)23-12-14-24(15-13-23)27-22(6)34-19-40-27/h12-15,19-21,25-26,28,33,37H,10-11,16-18H2,1-9H3,(H,35,38). The quantitative estimate of drug-likeness (QED) is 0.321. The summed E-state index contributed by atoms with van der Waals surface area (Å²) in [6, 6.07) is 6.74.